The third-order valence-corrected chi connectivity index (χ3v) is 5.43. The van der Waals surface area contributed by atoms with Crippen molar-refractivity contribution in [1.82, 2.24) is 19.8 Å². The molecule has 0 amide bonds. The highest BCUT2D eigenvalue weighted by Gasteiger charge is 2.27. The third kappa shape index (κ3) is 2.13. The Morgan fingerprint density at radius 3 is 2.75 bits per heavy atom. The monoisotopic (exact) mass is 293 g/mol. The minimum absolute atomic E-state index is 0.0692. The normalized spacial score (nSPS) is 31.1. The first-order valence-corrected chi connectivity index (χ1v) is 8.22. The summed E-state index contributed by atoms with van der Waals surface area (Å²) in [6.07, 6.45) is 6.66. The molecule has 2 N–H and O–H groups in total. The van der Waals surface area contributed by atoms with Crippen LogP contribution in [0.4, 0.5) is 0 Å². The fourth-order valence-corrected chi connectivity index (χ4v) is 4.17. The van der Waals surface area contributed by atoms with E-state index in [-0.39, 0.29) is 6.10 Å². The van der Waals surface area contributed by atoms with Crippen molar-refractivity contribution in [3.8, 4) is 0 Å². The van der Waals surface area contributed by atoms with Crippen LogP contribution in [0.25, 0.3) is 4.96 Å². The Bertz CT molecular complexity index is 595. The largest absolute Gasteiger partial charge is 0.370 e. The molecule has 20 heavy (non-hydrogen) atoms. The Morgan fingerprint density at radius 2 is 2.00 bits per heavy atom. The molecule has 1 saturated carbocycles. The van der Waals surface area contributed by atoms with Crippen molar-refractivity contribution in [2.75, 3.05) is 6.61 Å². The van der Waals surface area contributed by atoms with Gasteiger partial charge < -0.3 is 10.5 Å². The highest BCUT2D eigenvalue weighted by molar-refractivity contribution is 7.16. The minimum Gasteiger partial charge on any atom is -0.370 e. The predicted molar refractivity (Wildman–Crippen MR) is 75.8 cm³/mol. The number of aromatic nitrogens is 4. The number of ether oxygens (including phenoxy) is 1. The second-order valence-electron chi connectivity index (χ2n) is 5.81. The van der Waals surface area contributed by atoms with Crippen LogP contribution in [0.2, 0.25) is 0 Å². The lowest BCUT2D eigenvalue weighted by molar-refractivity contribution is 0.103. The van der Waals surface area contributed by atoms with E-state index in [1.54, 1.807) is 11.3 Å². The Hall–Kier alpha value is -1.05. The smallest absolute Gasteiger partial charge is 0.234 e. The van der Waals surface area contributed by atoms with Crippen molar-refractivity contribution in [3.63, 3.8) is 0 Å². The Labute approximate surface area is 121 Å². The summed E-state index contributed by atoms with van der Waals surface area (Å²) in [5.74, 6) is 1.41. The zero-order chi connectivity index (χ0) is 13.5. The van der Waals surface area contributed by atoms with Gasteiger partial charge in [-0.25, -0.2) is 0 Å². The molecule has 7 heteroatoms. The number of nitrogens with zero attached hydrogens (tertiary/aromatic N) is 4. The number of fused-ring (bicyclic) bond motifs is 1. The average Bonchev–Trinajstić information content (AvgIpc) is 3.15. The zero-order valence-corrected chi connectivity index (χ0v) is 12.2. The lowest BCUT2D eigenvalue weighted by atomic mass is 9.87. The average molecular weight is 293 g/mol. The summed E-state index contributed by atoms with van der Waals surface area (Å²) in [5.41, 5.74) is 5.98. The van der Waals surface area contributed by atoms with Crippen LogP contribution < -0.4 is 5.73 Å². The third-order valence-electron chi connectivity index (χ3n) is 4.37. The Kier molecular flexibility index (Phi) is 3.20. The van der Waals surface area contributed by atoms with E-state index < -0.39 is 0 Å². The summed E-state index contributed by atoms with van der Waals surface area (Å²) >= 11 is 1.67. The van der Waals surface area contributed by atoms with Gasteiger partial charge in [-0.05, 0) is 38.5 Å². The second-order valence-corrected chi connectivity index (χ2v) is 6.79. The summed E-state index contributed by atoms with van der Waals surface area (Å²) in [7, 11) is 0. The fraction of sp³-hybridized carbons (Fsp3) is 0.769. The van der Waals surface area contributed by atoms with Gasteiger partial charge in [0, 0.05) is 18.6 Å². The molecule has 108 valence electrons. The number of nitrogens with two attached hydrogens (primary N) is 1. The summed E-state index contributed by atoms with van der Waals surface area (Å²) in [4.78, 5) is 0.889. The van der Waals surface area contributed by atoms with Gasteiger partial charge in [-0.1, -0.05) is 11.3 Å². The van der Waals surface area contributed by atoms with Crippen molar-refractivity contribution >= 4 is 16.3 Å². The molecule has 1 aliphatic carbocycles. The quantitative estimate of drug-likeness (QED) is 0.916. The van der Waals surface area contributed by atoms with Gasteiger partial charge >= 0.3 is 0 Å². The number of rotatable bonds is 2. The van der Waals surface area contributed by atoms with Crippen molar-refractivity contribution in [2.45, 2.75) is 56.6 Å². The van der Waals surface area contributed by atoms with Crippen molar-refractivity contribution in [1.29, 1.82) is 0 Å². The van der Waals surface area contributed by atoms with Crippen LogP contribution in [0, 0.1) is 0 Å². The van der Waals surface area contributed by atoms with E-state index in [1.807, 2.05) is 4.52 Å². The standard InChI is InChI=1S/C13H19N5OS/c14-9-5-3-8(4-6-9)12-17-18-11(10-2-1-7-19-10)15-16-13(18)20-12/h8-10H,1-7,14H2. The summed E-state index contributed by atoms with van der Waals surface area (Å²) in [5, 5.41) is 14.4. The van der Waals surface area contributed by atoms with Crippen LogP contribution in [-0.2, 0) is 4.74 Å². The van der Waals surface area contributed by atoms with Crippen LogP contribution in [0.5, 0.6) is 0 Å². The SMILES string of the molecule is NC1CCC(c2nn3c(C4CCCO4)nnc3s2)CC1. The molecule has 1 aliphatic heterocycles. The molecule has 3 heterocycles. The Morgan fingerprint density at radius 1 is 1.15 bits per heavy atom. The molecule has 0 bridgehead atoms. The van der Waals surface area contributed by atoms with Gasteiger partial charge in [0.1, 0.15) is 11.1 Å². The van der Waals surface area contributed by atoms with E-state index in [2.05, 4.69) is 10.2 Å². The Balaban J connectivity index is 1.62. The maximum Gasteiger partial charge on any atom is 0.234 e. The summed E-state index contributed by atoms with van der Waals surface area (Å²) in [6.45, 7) is 0.817. The predicted octanol–water partition coefficient (Wildman–Crippen LogP) is 2.02. The molecule has 1 saturated heterocycles. The van der Waals surface area contributed by atoms with E-state index in [4.69, 9.17) is 15.6 Å². The molecule has 6 nitrogen and oxygen atoms in total. The molecule has 4 rings (SSSR count). The van der Waals surface area contributed by atoms with Gasteiger partial charge in [0.2, 0.25) is 4.96 Å². The topological polar surface area (TPSA) is 78.3 Å². The van der Waals surface area contributed by atoms with E-state index >= 15 is 0 Å². The molecule has 1 unspecified atom stereocenters. The van der Waals surface area contributed by atoms with Crippen LogP contribution in [0.3, 0.4) is 0 Å². The summed E-state index contributed by atoms with van der Waals surface area (Å²) < 4.78 is 7.59. The van der Waals surface area contributed by atoms with E-state index in [1.165, 1.54) is 5.01 Å². The van der Waals surface area contributed by atoms with E-state index in [0.29, 0.717) is 12.0 Å². The van der Waals surface area contributed by atoms with Crippen molar-refractivity contribution in [3.05, 3.63) is 10.8 Å². The zero-order valence-electron chi connectivity index (χ0n) is 11.4. The minimum atomic E-state index is 0.0692. The van der Waals surface area contributed by atoms with Gasteiger partial charge in [0.05, 0.1) is 0 Å². The maximum absolute atomic E-state index is 5.98. The van der Waals surface area contributed by atoms with Gasteiger partial charge in [0.25, 0.3) is 0 Å². The molecule has 0 aromatic carbocycles. The maximum atomic E-state index is 5.98. The van der Waals surface area contributed by atoms with Crippen LogP contribution in [-0.4, -0.2) is 32.5 Å². The van der Waals surface area contributed by atoms with Gasteiger partial charge in [-0.3, -0.25) is 0 Å². The number of hydrogen-bond acceptors (Lipinski definition) is 6. The molecule has 0 radical (unpaired) electrons. The fourth-order valence-electron chi connectivity index (χ4n) is 3.16. The van der Waals surface area contributed by atoms with E-state index in [9.17, 15) is 0 Å². The van der Waals surface area contributed by atoms with Gasteiger partial charge in [-0.15, -0.1) is 10.2 Å². The molecular weight excluding hydrogens is 274 g/mol. The van der Waals surface area contributed by atoms with Crippen LogP contribution in [0.15, 0.2) is 0 Å². The molecular formula is C13H19N5OS. The van der Waals surface area contributed by atoms with Crippen LogP contribution >= 0.6 is 11.3 Å². The molecule has 2 fully saturated rings. The summed E-state index contributed by atoms with van der Waals surface area (Å²) in [6, 6.07) is 0.374. The molecule has 0 spiro atoms. The first-order valence-electron chi connectivity index (χ1n) is 7.40. The second kappa shape index (κ2) is 5.05. The molecule has 2 aromatic rings. The van der Waals surface area contributed by atoms with Gasteiger partial charge in [-0.2, -0.15) is 9.61 Å². The van der Waals surface area contributed by atoms with E-state index in [0.717, 1.165) is 55.9 Å². The molecule has 2 aromatic heterocycles. The highest BCUT2D eigenvalue weighted by atomic mass is 32.1. The highest BCUT2D eigenvalue weighted by Crippen LogP contribution is 2.35. The first-order chi connectivity index (χ1) is 9.81. The lowest BCUT2D eigenvalue weighted by Gasteiger charge is -2.23. The van der Waals surface area contributed by atoms with Crippen molar-refractivity contribution < 1.29 is 4.74 Å². The lowest BCUT2D eigenvalue weighted by Crippen LogP contribution is -2.25. The van der Waals surface area contributed by atoms with Crippen LogP contribution in [0.1, 0.15) is 61.4 Å². The number of hydrogen-bond donors (Lipinski definition) is 1. The van der Waals surface area contributed by atoms with Gasteiger partial charge in [0.15, 0.2) is 5.82 Å². The van der Waals surface area contributed by atoms with Crippen molar-refractivity contribution in [2.24, 2.45) is 5.73 Å². The molecule has 2 aliphatic rings. The molecule has 1 atom stereocenters. The first kappa shape index (κ1) is 12.7.